The van der Waals surface area contributed by atoms with Crippen LogP contribution in [0.25, 0.3) is 0 Å². The Morgan fingerprint density at radius 2 is 2.17 bits per heavy atom. The predicted octanol–water partition coefficient (Wildman–Crippen LogP) is 2.71. The van der Waals surface area contributed by atoms with Crippen molar-refractivity contribution in [2.75, 3.05) is 13.7 Å². The van der Waals surface area contributed by atoms with Crippen LogP contribution in [-0.4, -0.2) is 30.8 Å². The van der Waals surface area contributed by atoms with E-state index in [0.717, 1.165) is 18.9 Å². The molecule has 2 rings (SSSR count). The lowest BCUT2D eigenvalue weighted by Gasteiger charge is -2.26. The summed E-state index contributed by atoms with van der Waals surface area (Å²) >= 11 is 1.82. The molecular weight excluding hydrogens is 244 g/mol. The molecule has 1 aliphatic rings. The molecular formula is C14H24N2OS. The Kier molecular flexibility index (Phi) is 4.76. The molecule has 1 aromatic heterocycles. The summed E-state index contributed by atoms with van der Waals surface area (Å²) in [5, 5.41) is 4.66. The maximum atomic E-state index is 5.94. The van der Waals surface area contributed by atoms with Gasteiger partial charge in [-0.2, -0.15) is 0 Å². The standard InChI is InChI=1S/C14H24N2OS/c1-5-17-14(11-6-7-11)12(15-4)8-13-16-9(2)10(3)18-13/h11-12,14-15H,5-8H2,1-4H3. The number of rotatable bonds is 7. The molecule has 102 valence electrons. The zero-order valence-corrected chi connectivity index (χ0v) is 12.6. The van der Waals surface area contributed by atoms with Crippen molar-refractivity contribution in [1.29, 1.82) is 0 Å². The highest BCUT2D eigenvalue weighted by Crippen LogP contribution is 2.36. The zero-order valence-electron chi connectivity index (χ0n) is 11.8. The highest BCUT2D eigenvalue weighted by atomic mass is 32.1. The second-order valence-corrected chi connectivity index (χ2v) is 6.39. The molecule has 1 aliphatic carbocycles. The average Bonchev–Trinajstić information content (AvgIpc) is 3.12. The number of hydrogen-bond acceptors (Lipinski definition) is 4. The van der Waals surface area contributed by atoms with Crippen LogP contribution >= 0.6 is 11.3 Å². The lowest BCUT2D eigenvalue weighted by Crippen LogP contribution is -2.42. The molecule has 2 unspecified atom stereocenters. The molecule has 0 bridgehead atoms. The molecule has 0 aromatic carbocycles. The van der Waals surface area contributed by atoms with Crippen molar-refractivity contribution in [2.24, 2.45) is 5.92 Å². The number of nitrogens with one attached hydrogen (secondary N) is 1. The number of likely N-dealkylation sites (N-methyl/N-ethyl adjacent to an activating group) is 1. The molecule has 0 saturated heterocycles. The monoisotopic (exact) mass is 268 g/mol. The van der Waals surface area contributed by atoms with Gasteiger partial charge in [0.25, 0.3) is 0 Å². The normalized spacial score (nSPS) is 18.9. The van der Waals surface area contributed by atoms with Crippen molar-refractivity contribution < 1.29 is 4.74 Å². The molecule has 2 atom stereocenters. The molecule has 0 spiro atoms. The Balaban J connectivity index is 2.02. The molecule has 3 nitrogen and oxygen atoms in total. The molecule has 1 aromatic rings. The second-order valence-electron chi connectivity index (χ2n) is 5.11. The summed E-state index contributed by atoms with van der Waals surface area (Å²) in [5.74, 6) is 0.754. The maximum absolute atomic E-state index is 5.94. The van der Waals surface area contributed by atoms with Gasteiger partial charge >= 0.3 is 0 Å². The van der Waals surface area contributed by atoms with Gasteiger partial charge in [0, 0.05) is 23.9 Å². The van der Waals surface area contributed by atoms with E-state index in [4.69, 9.17) is 4.74 Å². The van der Waals surface area contributed by atoms with Crippen LogP contribution in [0.2, 0.25) is 0 Å². The van der Waals surface area contributed by atoms with Gasteiger partial charge in [-0.3, -0.25) is 0 Å². The Bertz CT molecular complexity index is 368. The Morgan fingerprint density at radius 3 is 2.61 bits per heavy atom. The third kappa shape index (κ3) is 3.31. The van der Waals surface area contributed by atoms with Crippen LogP contribution in [0.4, 0.5) is 0 Å². The summed E-state index contributed by atoms with van der Waals surface area (Å²) in [6.45, 7) is 7.12. The van der Waals surface area contributed by atoms with E-state index in [1.807, 2.05) is 18.4 Å². The van der Waals surface area contributed by atoms with Gasteiger partial charge in [0.1, 0.15) is 0 Å². The molecule has 0 aliphatic heterocycles. The van der Waals surface area contributed by atoms with Crippen molar-refractivity contribution in [2.45, 2.75) is 52.2 Å². The first kappa shape index (κ1) is 14.0. The molecule has 1 fully saturated rings. The van der Waals surface area contributed by atoms with E-state index in [2.05, 4.69) is 31.1 Å². The van der Waals surface area contributed by atoms with Gasteiger partial charge in [-0.1, -0.05) is 0 Å². The van der Waals surface area contributed by atoms with Crippen molar-refractivity contribution >= 4 is 11.3 Å². The number of aryl methyl sites for hydroxylation is 2. The highest BCUT2D eigenvalue weighted by Gasteiger charge is 2.37. The van der Waals surface area contributed by atoms with Crippen LogP contribution < -0.4 is 5.32 Å². The SMILES string of the molecule is CCOC(C1CC1)C(Cc1nc(C)c(C)s1)NC. The fraction of sp³-hybridized carbons (Fsp3) is 0.786. The van der Waals surface area contributed by atoms with Crippen molar-refractivity contribution in [3.63, 3.8) is 0 Å². The van der Waals surface area contributed by atoms with Gasteiger partial charge in [-0.05, 0) is 46.6 Å². The minimum Gasteiger partial charge on any atom is -0.377 e. The van der Waals surface area contributed by atoms with Crippen LogP contribution in [0.3, 0.4) is 0 Å². The Morgan fingerprint density at radius 1 is 1.44 bits per heavy atom. The molecule has 0 radical (unpaired) electrons. The summed E-state index contributed by atoms with van der Waals surface area (Å²) < 4.78 is 5.94. The minimum absolute atomic E-state index is 0.351. The van der Waals surface area contributed by atoms with Crippen LogP contribution in [-0.2, 0) is 11.2 Å². The fourth-order valence-electron chi connectivity index (χ4n) is 2.40. The Labute approximate surface area is 114 Å². The lowest BCUT2D eigenvalue weighted by atomic mass is 10.0. The zero-order chi connectivity index (χ0) is 13.1. The lowest BCUT2D eigenvalue weighted by molar-refractivity contribution is 0.0211. The topological polar surface area (TPSA) is 34.1 Å². The first-order valence-corrected chi connectivity index (χ1v) is 7.69. The molecule has 1 saturated carbocycles. The van der Waals surface area contributed by atoms with E-state index in [-0.39, 0.29) is 0 Å². The smallest absolute Gasteiger partial charge is 0.0947 e. The number of thiazole rings is 1. The summed E-state index contributed by atoms with van der Waals surface area (Å²) in [5.41, 5.74) is 1.17. The highest BCUT2D eigenvalue weighted by molar-refractivity contribution is 7.11. The summed E-state index contributed by atoms with van der Waals surface area (Å²) in [7, 11) is 2.03. The quantitative estimate of drug-likeness (QED) is 0.825. The largest absolute Gasteiger partial charge is 0.377 e. The fourth-order valence-corrected chi connectivity index (χ4v) is 3.39. The molecule has 18 heavy (non-hydrogen) atoms. The third-order valence-electron chi connectivity index (χ3n) is 3.68. The summed E-state index contributed by atoms with van der Waals surface area (Å²) in [6.07, 6.45) is 3.97. The van der Waals surface area contributed by atoms with E-state index >= 15 is 0 Å². The number of hydrogen-bond donors (Lipinski definition) is 1. The van der Waals surface area contributed by atoms with Crippen molar-refractivity contribution in [1.82, 2.24) is 10.3 Å². The van der Waals surface area contributed by atoms with Gasteiger partial charge in [0.05, 0.1) is 16.8 Å². The van der Waals surface area contributed by atoms with Crippen molar-refractivity contribution in [3.05, 3.63) is 15.6 Å². The number of ether oxygens (including phenoxy) is 1. The number of nitrogens with zero attached hydrogens (tertiary/aromatic N) is 1. The van der Waals surface area contributed by atoms with Crippen molar-refractivity contribution in [3.8, 4) is 0 Å². The molecule has 1 N–H and O–H groups in total. The van der Waals surface area contributed by atoms with E-state index < -0.39 is 0 Å². The predicted molar refractivity (Wildman–Crippen MR) is 76.3 cm³/mol. The number of aromatic nitrogens is 1. The van der Waals surface area contributed by atoms with Gasteiger partial charge in [-0.25, -0.2) is 4.98 Å². The summed E-state index contributed by atoms with van der Waals surface area (Å²) in [4.78, 5) is 5.98. The van der Waals surface area contributed by atoms with E-state index in [1.165, 1.54) is 28.4 Å². The van der Waals surface area contributed by atoms with Gasteiger partial charge in [-0.15, -0.1) is 11.3 Å². The maximum Gasteiger partial charge on any atom is 0.0947 e. The van der Waals surface area contributed by atoms with E-state index in [1.54, 1.807) is 0 Å². The van der Waals surface area contributed by atoms with E-state index in [0.29, 0.717) is 12.1 Å². The minimum atomic E-state index is 0.351. The third-order valence-corrected chi connectivity index (χ3v) is 4.78. The second kappa shape index (κ2) is 6.13. The van der Waals surface area contributed by atoms with Crippen LogP contribution in [0.15, 0.2) is 0 Å². The summed E-state index contributed by atoms with van der Waals surface area (Å²) in [6, 6.07) is 0.391. The first-order valence-electron chi connectivity index (χ1n) is 6.87. The van der Waals surface area contributed by atoms with Crippen LogP contribution in [0, 0.1) is 19.8 Å². The van der Waals surface area contributed by atoms with Crippen LogP contribution in [0.5, 0.6) is 0 Å². The van der Waals surface area contributed by atoms with E-state index in [9.17, 15) is 0 Å². The Hall–Kier alpha value is -0.450. The van der Waals surface area contributed by atoms with Gasteiger partial charge in [0.15, 0.2) is 0 Å². The molecule has 1 heterocycles. The molecule has 0 amide bonds. The average molecular weight is 268 g/mol. The van der Waals surface area contributed by atoms with Gasteiger partial charge < -0.3 is 10.1 Å². The van der Waals surface area contributed by atoms with Crippen LogP contribution in [0.1, 0.15) is 35.3 Å². The van der Waals surface area contributed by atoms with Gasteiger partial charge in [0.2, 0.25) is 0 Å². The molecule has 4 heteroatoms. The first-order chi connectivity index (χ1) is 8.65.